The monoisotopic (exact) mass is 304 g/mol. The van der Waals surface area contributed by atoms with Crippen molar-refractivity contribution >= 4 is 11.7 Å². The number of hydrogen-bond acceptors (Lipinski definition) is 2. The quantitative estimate of drug-likeness (QED) is 0.867. The lowest BCUT2D eigenvalue weighted by Crippen LogP contribution is -2.51. The number of aromatic nitrogens is 2. The van der Waals surface area contributed by atoms with E-state index in [2.05, 4.69) is 10.4 Å². The molecule has 1 N–H and O–H groups in total. The number of halogens is 3. The summed E-state index contributed by atoms with van der Waals surface area (Å²) < 4.78 is 40.6. The molecule has 2 amide bonds. The Morgan fingerprint density at radius 1 is 1.48 bits per heavy atom. The highest BCUT2D eigenvalue weighted by Gasteiger charge is 2.56. The maximum Gasteiger partial charge on any atom is 0.394 e. The summed E-state index contributed by atoms with van der Waals surface area (Å²) in [6.45, 7) is 4.72. The normalized spacial score (nSPS) is 21.7. The van der Waals surface area contributed by atoms with Crippen molar-refractivity contribution in [1.29, 1.82) is 0 Å². The van der Waals surface area contributed by atoms with E-state index in [9.17, 15) is 18.0 Å². The number of aryl methyl sites for hydroxylation is 2. The minimum atomic E-state index is -4.30. The summed E-state index contributed by atoms with van der Waals surface area (Å²) in [7, 11) is 1.71. The van der Waals surface area contributed by atoms with E-state index in [0.717, 1.165) is 0 Å². The van der Waals surface area contributed by atoms with Gasteiger partial charge in [-0.2, -0.15) is 18.3 Å². The molecule has 2 rings (SSSR count). The molecule has 0 radical (unpaired) electrons. The van der Waals surface area contributed by atoms with E-state index in [-0.39, 0.29) is 13.0 Å². The largest absolute Gasteiger partial charge is 0.394 e. The average molecular weight is 304 g/mol. The van der Waals surface area contributed by atoms with Gasteiger partial charge in [0, 0.05) is 19.8 Å². The van der Waals surface area contributed by atoms with Gasteiger partial charge in [-0.25, -0.2) is 4.79 Å². The molecule has 0 unspecified atom stereocenters. The van der Waals surface area contributed by atoms with Crippen LogP contribution in [0.25, 0.3) is 0 Å². The van der Waals surface area contributed by atoms with Crippen LogP contribution in [0.5, 0.6) is 0 Å². The maximum atomic E-state index is 13.0. The van der Waals surface area contributed by atoms with Gasteiger partial charge in [0.15, 0.2) is 0 Å². The zero-order chi connectivity index (χ0) is 16.0. The highest BCUT2D eigenvalue weighted by atomic mass is 19.4. The number of rotatable bonds is 1. The molecule has 1 aliphatic rings. The molecule has 1 aliphatic heterocycles. The average Bonchev–Trinajstić information content (AvgIpc) is 2.77. The Morgan fingerprint density at radius 3 is 2.52 bits per heavy atom. The number of likely N-dealkylation sites (tertiary alicyclic amines) is 1. The minimum absolute atomic E-state index is 0.0735. The van der Waals surface area contributed by atoms with E-state index in [1.807, 2.05) is 0 Å². The van der Waals surface area contributed by atoms with Crippen molar-refractivity contribution in [2.24, 2.45) is 13.0 Å². The lowest BCUT2D eigenvalue weighted by Gasteiger charge is -2.36. The number of carbonyl (C=O) groups is 1. The molecule has 21 heavy (non-hydrogen) atoms. The van der Waals surface area contributed by atoms with Gasteiger partial charge in [0.1, 0.15) is 0 Å². The van der Waals surface area contributed by atoms with Crippen LogP contribution in [0, 0.1) is 12.8 Å². The second kappa shape index (κ2) is 4.92. The molecule has 8 heteroatoms. The van der Waals surface area contributed by atoms with E-state index in [4.69, 9.17) is 0 Å². The SMILES string of the molecule is Cc1nn(C)cc1NC(=O)N1CC[C@H](C(F)(F)F)C1(C)C. The first kappa shape index (κ1) is 15.7. The summed E-state index contributed by atoms with van der Waals surface area (Å²) in [6.07, 6.45) is -2.75. The highest BCUT2D eigenvalue weighted by molar-refractivity contribution is 5.90. The van der Waals surface area contributed by atoms with Gasteiger partial charge in [-0.05, 0) is 27.2 Å². The fourth-order valence-corrected chi connectivity index (χ4v) is 2.92. The van der Waals surface area contributed by atoms with Gasteiger partial charge >= 0.3 is 12.2 Å². The van der Waals surface area contributed by atoms with Gasteiger partial charge in [-0.15, -0.1) is 0 Å². The van der Waals surface area contributed by atoms with Crippen LogP contribution < -0.4 is 5.32 Å². The molecule has 2 heterocycles. The predicted octanol–water partition coefficient (Wildman–Crippen LogP) is 2.92. The molecule has 1 aromatic heterocycles. The van der Waals surface area contributed by atoms with Crippen molar-refractivity contribution in [2.75, 3.05) is 11.9 Å². The van der Waals surface area contributed by atoms with Crippen LogP contribution >= 0.6 is 0 Å². The predicted molar refractivity (Wildman–Crippen MR) is 71.9 cm³/mol. The first-order valence-corrected chi connectivity index (χ1v) is 6.69. The van der Waals surface area contributed by atoms with Crippen molar-refractivity contribution < 1.29 is 18.0 Å². The Balaban J connectivity index is 2.15. The summed E-state index contributed by atoms with van der Waals surface area (Å²) in [5.41, 5.74) is -0.137. The van der Waals surface area contributed by atoms with E-state index in [1.165, 1.54) is 18.7 Å². The van der Waals surface area contributed by atoms with Crippen molar-refractivity contribution in [3.63, 3.8) is 0 Å². The van der Waals surface area contributed by atoms with Gasteiger partial charge < -0.3 is 10.2 Å². The summed E-state index contributed by atoms with van der Waals surface area (Å²) in [5.74, 6) is -1.51. The molecular formula is C13H19F3N4O. The summed E-state index contributed by atoms with van der Waals surface area (Å²) >= 11 is 0. The molecule has 1 saturated heterocycles. The highest BCUT2D eigenvalue weighted by Crippen LogP contribution is 2.44. The smallest absolute Gasteiger partial charge is 0.319 e. The molecule has 0 bridgehead atoms. The molecule has 5 nitrogen and oxygen atoms in total. The summed E-state index contributed by atoms with van der Waals surface area (Å²) in [5, 5.41) is 6.72. The molecule has 1 aromatic rings. The number of amides is 2. The van der Waals surface area contributed by atoms with Crippen LogP contribution in [0.2, 0.25) is 0 Å². The summed E-state index contributed by atoms with van der Waals surface area (Å²) in [4.78, 5) is 13.5. The number of urea groups is 1. The fourth-order valence-electron chi connectivity index (χ4n) is 2.92. The van der Waals surface area contributed by atoms with Crippen molar-refractivity contribution in [3.8, 4) is 0 Å². The third kappa shape index (κ3) is 2.84. The molecule has 118 valence electrons. The van der Waals surface area contributed by atoms with Gasteiger partial charge in [0.05, 0.1) is 22.8 Å². The number of nitrogens with zero attached hydrogens (tertiary/aromatic N) is 3. The number of hydrogen-bond donors (Lipinski definition) is 1. The molecule has 0 saturated carbocycles. The van der Waals surface area contributed by atoms with Crippen LogP contribution in [-0.4, -0.2) is 39.0 Å². The Kier molecular flexibility index (Phi) is 3.67. The Morgan fingerprint density at radius 2 is 2.10 bits per heavy atom. The molecule has 0 spiro atoms. The van der Waals surface area contributed by atoms with Gasteiger partial charge in [0.2, 0.25) is 0 Å². The lowest BCUT2D eigenvalue weighted by atomic mass is 9.88. The molecule has 0 aliphatic carbocycles. The van der Waals surface area contributed by atoms with Crippen LogP contribution in [0.3, 0.4) is 0 Å². The third-order valence-corrected chi connectivity index (χ3v) is 4.09. The zero-order valence-electron chi connectivity index (χ0n) is 12.5. The van der Waals surface area contributed by atoms with Gasteiger partial charge in [-0.3, -0.25) is 4.68 Å². The topological polar surface area (TPSA) is 50.2 Å². The van der Waals surface area contributed by atoms with Gasteiger partial charge in [-0.1, -0.05) is 0 Å². The second-order valence-corrected chi connectivity index (χ2v) is 5.92. The van der Waals surface area contributed by atoms with Crippen LogP contribution in [0.4, 0.5) is 23.7 Å². The Hall–Kier alpha value is -1.73. The first-order chi connectivity index (χ1) is 9.53. The molecular weight excluding hydrogens is 285 g/mol. The third-order valence-electron chi connectivity index (χ3n) is 4.09. The molecule has 1 atom stereocenters. The van der Waals surface area contributed by atoms with E-state index in [0.29, 0.717) is 11.4 Å². The number of anilines is 1. The van der Waals surface area contributed by atoms with Crippen LogP contribution in [-0.2, 0) is 7.05 Å². The van der Waals surface area contributed by atoms with Crippen LogP contribution in [0.15, 0.2) is 6.20 Å². The Labute approximate surface area is 121 Å². The number of carbonyl (C=O) groups excluding carboxylic acids is 1. The van der Waals surface area contributed by atoms with Gasteiger partial charge in [0.25, 0.3) is 0 Å². The Bertz CT molecular complexity index is 550. The second-order valence-electron chi connectivity index (χ2n) is 5.92. The summed E-state index contributed by atoms with van der Waals surface area (Å²) in [6, 6.07) is -0.525. The zero-order valence-corrected chi connectivity index (χ0v) is 12.5. The first-order valence-electron chi connectivity index (χ1n) is 6.69. The van der Waals surface area contributed by atoms with Crippen molar-refractivity contribution in [2.45, 2.75) is 38.9 Å². The lowest BCUT2D eigenvalue weighted by molar-refractivity contribution is -0.189. The number of alkyl halides is 3. The maximum absolute atomic E-state index is 13.0. The van der Waals surface area contributed by atoms with E-state index in [1.54, 1.807) is 24.9 Å². The van der Waals surface area contributed by atoms with Crippen LogP contribution in [0.1, 0.15) is 26.0 Å². The number of nitrogens with one attached hydrogen (secondary N) is 1. The van der Waals surface area contributed by atoms with E-state index >= 15 is 0 Å². The standard InChI is InChI=1S/C13H19F3N4O/c1-8-9(7-19(4)18-8)17-11(21)20-6-5-10(12(20,2)3)13(14,15)16/h7,10H,5-6H2,1-4H3,(H,17,21)/t10-/m0/s1. The van der Waals surface area contributed by atoms with Crippen molar-refractivity contribution in [3.05, 3.63) is 11.9 Å². The minimum Gasteiger partial charge on any atom is -0.319 e. The van der Waals surface area contributed by atoms with Crippen molar-refractivity contribution in [1.82, 2.24) is 14.7 Å². The fraction of sp³-hybridized carbons (Fsp3) is 0.692. The molecule has 0 aromatic carbocycles. The van der Waals surface area contributed by atoms with E-state index < -0.39 is 23.7 Å². The molecule has 1 fully saturated rings.